The largest absolute Gasteiger partial charge is 0.503 e. The number of anilines is 1. The fourth-order valence-corrected chi connectivity index (χ4v) is 8.38. The van der Waals surface area contributed by atoms with Gasteiger partial charge in [0.25, 0.3) is 11.8 Å². The van der Waals surface area contributed by atoms with Crippen LogP contribution in [0.5, 0.6) is 11.5 Å². The first-order valence-electron chi connectivity index (χ1n) is 12.5. The van der Waals surface area contributed by atoms with E-state index < -0.39 is 51.1 Å². The zero-order valence-electron chi connectivity index (χ0n) is 21.2. The Kier molecular flexibility index (Phi) is 6.35. The summed E-state index contributed by atoms with van der Waals surface area (Å²) in [6.07, 6.45) is 1.94. The number of aromatic hydroxyl groups is 1. The fraction of sp³-hybridized carbons (Fsp3) is 0.357. The highest BCUT2D eigenvalue weighted by Crippen LogP contribution is 2.65. The van der Waals surface area contributed by atoms with E-state index in [0.29, 0.717) is 16.8 Å². The van der Waals surface area contributed by atoms with Crippen molar-refractivity contribution in [2.24, 2.45) is 17.8 Å². The predicted molar refractivity (Wildman–Crippen MR) is 152 cm³/mol. The van der Waals surface area contributed by atoms with Crippen LogP contribution in [0.2, 0.25) is 5.02 Å². The summed E-state index contributed by atoms with van der Waals surface area (Å²) < 4.78 is 6.10. The highest BCUT2D eigenvalue weighted by Gasteiger charge is 2.76. The van der Waals surface area contributed by atoms with E-state index in [1.807, 2.05) is 6.08 Å². The van der Waals surface area contributed by atoms with E-state index in [-0.39, 0.29) is 35.3 Å². The van der Waals surface area contributed by atoms with Gasteiger partial charge in [-0.05, 0) is 60.7 Å². The van der Waals surface area contributed by atoms with Crippen molar-refractivity contribution in [3.63, 3.8) is 0 Å². The molecule has 1 N–H and O–H groups in total. The molecule has 2 aromatic carbocycles. The molecule has 1 saturated carbocycles. The molecule has 4 amide bonds. The van der Waals surface area contributed by atoms with Crippen LogP contribution in [-0.2, 0) is 19.2 Å². The zero-order chi connectivity index (χ0) is 28.9. The van der Waals surface area contributed by atoms with Crippen LogP contribution in [0.4, 0.5) is 5.69 Å². The Balaban J connectivity index is 1.53. The highest BCUT2D eigenvalue weighted by molar-refractivity contribution is 9.10. The minimum atomic E-state index is -1.96. The quantitative estimate of drug-likeness (QED) is 0.280. The number of imide groups is 2. The summed E-state index contributed by atoms with van der Waals surface area (Å²) in [5.74, 6) is -5.54. The summed E-state index contributed by atoms with van der Waals surface area (Å²) in [6, 6.07) is 9.80. The van der Waals surface area contributed by atoms with E-state index in [1.54, 1.807) is 24.3 Å². The van der Waals surface area contributed by atoms with Crippen molar-refractivity contribution < 1.29 is 29.0 Å². The molecule has 0 spiro atoms. The zero-order valence-corrected chi connectivity index (χ0v) is 25.0. The van der Waals surface area contributed by atoms with E-state index in [2.05, 4.69) is 15.9 Å². The molecule has 2 aliphatic carbocycles. The van der Waals surface area contributed by atoms with Crippen molar-refractivity contribution in [3.8, 4) is 11.5 Å². The second-order valence-corrected chi connectivity index (χ2v) is 13.1. The minimum absolute atomic E-state index is 0.0398. The Morgan fingerprint density at radius 3 is 2.35 bits per heavy atom. The number of allylic oxidation sites excluding steroid dienone is 2. The number of amides is 4. The topological polar surface area (TPSA) is 104 Å². The van der Waals surface area contributed by atoms with Crippen LogP contribution in [0.1, 0.15) is 24.3 Å². The number of carbonyl (C=O) groups is 4. The molecule has 8 nitrogen and oxygen atoms in total. The summed E-state index contributed by atoms with van der Waals surface area (Å²) >= 11 is 24.0. The second kappa shape index (κ2) is 9.21. The second-order valence-electron chi connectivity index (χ2n) is 10.5. The highest BCUT2D eigenvalue weighted by atomic mass is 79.9. The normalized spacial score (nSPS) is 33.1. The molecule has 2 aliphatic heterocycles. The maximum absolute atomic E-state index is 14.0. The summed E-state index contributed by atoms with van der Waals surface area (Å²) in [4.78, 5) is 53.0. The molecular formula is C28H22BrCl3N2O6. The first kappa shape index (κ1) is 27.6. The van der Waals surface area contributed by atoms with Crippen molar-refractivity contribution in [3.05, 3.63) is 63.1 Å². The minimum Gasteiger partial charge on any atom is -0.503 e. The molecule has 2 heterocycles. The van der Waals surface area contributed by atoms with Gasteiger partial charge in [-0.3, -0.25) is 29.0 Å². The summed E-state index contributed by atoms with van der Waals surface area (Å²) in [6.45, 7) is 0. The average molecular weight is 669 g/mol. The third kappa shape index (κ3) is 3.44. The molecule has 0 aromatic heterocycles. The third-order valence-electron chi connectivity index (χ3n) is 8.70. The molecule has 40 heavy (non-hydrogen) atoms. The molecule has 6 atom stereocenters. The summed E-state index contributed by atoms with van der Waals surface area (Å²) in [7, 11) is 2.67. The number of nitrogens with zero attached hydrogens (tertiary/aromatic N) is 2. The molecule has 4 aliphatic rings. The van der Waals surface area contributed by atoms with Crippen LogP contribution in [0.15, 0.2) is 52.5 Å². The number of benzene rings is 2. The number of halogens is 4. The number of hydrogen-bond acceptors (Lipinski definition) is 6. The first-order valence-corrected chi connectivity index (χ1v) is 14.4. The number of methoxy groups -OCH3 is 1. The molecule has 3 fully saturated rings. The maximum Gasteiger partial charge on any atom is 0.253 e. The van der Waals surface area contributed by atoms with Gasteiger partial charge in [0.1, 0.15) is 0 Å². The maximum atomic E-state index is 14.0. The smallest absolute Gasteiger partial charge is 0.253 e. The monoisotopic (exact) mass is 666 g/mol. The molecule has 12 heteroatoms. The number of carbonyl (C=O) groups excluding carboxylic acids is 4. The standard InChI is InChI=1S/C28H22BrCl3N2O6/c1-33-25(38)27(31)11-17-15(21(28(27,32)26(33)39)12-9-18(30)22(35)19(10-12)40-2)7-8-16-20(17)24(37)34(23(16)36)14-5-3-13(29)4-6-14/h3-7,9-10,16-17,20-21,35H,8,11H2,1-2H3/t16-,17+,20-,21-,27+,28-/m0/s1. The number of phenols is 1. The molecular weight excluding hydrogens is 647 g/mol. The third-order valence-corrected chi connectivity index (χ3v) is 10.9. The van der Waals surface area contributed by atoms with Gasteiger partial charge in [0.05, 0.1) is 29.7 Å². The van der Waals surface area contributed by atoms with Gasteiger partial charge in [-0.25, -0.2) is 0 Å². The SMILES string of the molecule is COc1cc([C@H]2C3=CC[C@@H]4C(=O)N(c5ccc(Br)cc5)C(=O)[C@@H]4[C@@H]3C[C@@]3(Cl)C(=O)N(C)C(=O)[C@@]23Cl)cc(Cl)c1O. The van der Waals surface area contributed by atoms with Crippen LogP contribution in [0.25, 0.3) is 0 Å². The molecule has 0 bridgehead atoms. The van der Waals surface area contributed by atoms with Crippen molar-refractivity contribution in [1.82, 2.24) is 4.90 Å². The van der Waals surface area contributed by atoms with Gasteiger partial charge in [0.2, 0.25) is 11.8 Å². The van der Waals surface area contributed by atoms with Gasteiger partial charge in [0, 0.05) is 17.4 Å². The Labute approximate surface area is 252 Å². The number of hydrogen-bond donors (Lipinski definition) is 1. The van der Waals surface area contributed by atoms with E-state index in [1.165, 1.54) is 31.2 Å². The number of phenolic OH excluding ortho intramolecular Hbond substituents is 1. The molecule has 2 saturated heterocycles. The lowest BCUT2D eigenvalue weighted by molar-refractivity contribution is -0.138. The van der Waals surface area contributed by atoms with Crippen LogP contribution in [0.3, 0.4) is 0 Å². The van der Waals surface area contributed by atoms with Gasteiger partial charge < -0.3 is 9.84 Å². The van der Waals surface area contributed by atoms with Crippen LogP contribution >= 0.6 is 50.7 Å². The van der Waals surface area contributed by atoms with Gasteiger partial charge in [-0.15, -0.1) is 23.2 Å². The predicted octanol–water partition coefficient (Wildman–Crippen LogP) is 5.01. The summed E-state index contributed by atoms with van der Waals surface area (Å²) in [5, 5.41) is 10.3. The van der Waals surface area contributed by atoms with E-state index >= 15 is 0 Å². The number of fused-ring (bicyclic) bond motifs is 4. The van der Waals surface area contributed by atoms with Gasteiger partial charge >= 0.3 is 0 Å². The molecule has 2 aromatic rings. The van der Waals surface area contributed by atoms with Crippen molar-refractivity contribution >= 4 is 80.0 Å². The fourth-order valence-electron chi connectivity index (χ4n) is 6.88. The Morgan fingerprint density at radius 1 is 1.02 bits per heavy atom. The number of rotatable bonds is 3. The molecule has 208 valence electrons. The van der Waals surface area contributed by atoms with E-state index in [9.17, 15) is 24.3 Å². The van der Waals surface area contributed by atoms with Crippen LogP contribution in [-0.4, -0.2) is 57.5 Å². The van der Waals surface area contributed by atoms with E-state index in [0.717, 1.165) is 9.37 Å². The van der Waals surface area contributed by atoms with Gasteiger partial charge in [0.15, 0.2) is 21.2 Å². The average Bonchev–Trinajstić information content (AvgIpc) is 3.25. The summed E-state index contributed by atoms with van der Waals surface area (Å²) in [5.41, 5.74) is 1.44. The molecule has 0 radical (unpaired) electrons. The number of likely N-dealkylation sites (tertiary alicyclic amines) is 1. The van der Waals surface area contributed by atoms with Gasteiger partial charge in [-0.1, -0.05) is 39.2 Å². The van der Waals surface area contributed by atoms with Crippen molar-refractivity contribution in [1.29, 1.82) is 0 Å². The van der Waals surface area contributed by atoms with E-state index in [4.69, 9.17) is 39.5 Å². The molecule has 6 rings (SSSR count). The lowest BCUT2D eigenvalue weighted by Crippen LogP contribution is -2.60. The number of ether oxygens (including phenoxy) is 1. The lowest BCUT2D eigenvalue weighted by Gasteiger charge is -2.50. The Bertz CT molecular complexity index is 1550. The Hall–Kier alpha value is -2.59. The van der Waals surface area contributed by atoms with Gasteiger partial charge in [-0.2, -0.15) is 0 Å². The van der Waals surface area contributed by atoms with Crippen molar-refractivity contribution in [2.45, 2.75) is 28.5 Å². The van der Waals surface area contributed by atoms with Crippen LogP contribution < -0.4 is 9.64 Å². The number of alkyl halides is 2. The van der Waals surface area contributed by atoms with Crippen molar-refractivity contribution in [2.75, 3.05) is 19.1 Å². The lowest BCUT2D eigenvalue weighted by atomic mass is 9.56. The van der Waals surface area contributed by atoms with Crippen LogP contribution in [0, 0.1) is 17.8 Å². The first-order chi connectivity index (χ1) is 18.9. The Morgan fingerprint density at radius 2 is 1.70 bits per heavy atom. The molecule has 0 unspecified atom stereocenters.